The van der Waals surface area contributed by atoms with E-state index in [4.69, 9.17) is 50.3 Å². The van der Waals surface area contributed by atoms with Gasteiger partial charge in [-0.25, -0.2) is 0 Å². The van der Waals surface area contributed by atoms with E-state index < -0.39 is 75.5 Å². The van der Waals surface area contributed by atoms with Crippen LogP contribution in [-0.4, -0.2) is 94.3 Å². The van der Waals surface area contributed by atoms with Crippen LogP contribution in [-0.2, 0) is 55.1 Å². The smallest absolute Gasteiger partial charge is 0.465 e. The Labute approximate surface area is 274 Å². The van der Waals surface area contributed by atoms with E-state index >= 15 is 0 Å². The van der Waals surface area contributed by atoms with Crippen LogP contribution in [0, 0.1) is 0 Å². The first-order valence-electron chi connectivity index (χ1n) is 15.6. The van der Waals surface area contributed by atoms with Gasteiger partial charge in [0.1, 0.15) is 4.32 Å². The van der Waals surface area contributed by atoms with E-state index in [1.807, 2.05) is 41.5 Å². The van der Waals surface area contributed by atoms with Crippen LogP contribution >= 0.6 is 15.9 Å². The second-order valence-corrected chi connectivity index (χ2v) is 38.3. The second kappa shape index (κ2) is 14.0. The van der Waals surface area contributed by atoms with E-state index in [9.17, 15) is 4.79 Å². The minimum Gasteiger partial charge on any atom is -0.465 e. The molecule has 8 unspecified atom stereocenters. The molecule has 4 rings (SSSR count). The third kappa shape index (κ3) is 8.11. The molecule has 4 aliphatic heterocycles. The lowest BCUT2D eigenvalue weighted by Gasteiger charge is -2.56. The number of carbonyl (C=O) groups is 1. The molecule has 0 aromatic rings. The Morgan fingerprint density at radius 1 is 0.721 bits per heavy atom. The molecule has 13 nitrogen and oxygen atoms in total. The van der Waals surface area contributed by atoms with Gasteiger partial charge in [-0.1, -0.05) is 57.5 Å². The highest BCUT2D eigenvalue weighted by molar-refractivity contribution is 9.10. The van der Waals surface area contributed by atoms with E-state index in [-0.39, 0.29) is 12.6 Å². The Morgan fingerprint density at radius 3 is 1.70 bits per heavy atom. The van der Waals surface area contributed by atoms with E-state index in [0.29, 0.717) is 55.0 Å². The van der Waals surface area contributed by atoms with Gasteiger partial charge in [0.05, 0.1) is 12.8 Å². The topological polar surface area (TPSA) is 128 Å². The van der Waals surface area contributed by atoms with Crippen LogP contribution in [0.15, 0.2) is 0 Å². The summed E-state index contributed by atoms with van der Waals surface area (Å²) in [6.07, 6.45) is 0.791. The number of ether oxygens (including phenoxy) is 1. The maximum atomic E-state index is 12.5. The van der Waals surface area contributed by atoms with Gasteiger partial charge in [0.2, 0.25) is 0 Å². The first kappa shape index (κ1) is 37.1. The van der Waals surface area contributed by atoms with Gasteiger partial charge in [-0.05, 0) is 32.9 Å². The summed E-state index contributed by atoms with van der Waals surface area (Å²) >= 11 is 3.37. The van der Waals surface area contributed by atoms with Gasteiger partial charge in [-0.3, -0.25) is 4.79 Å². The summed E-state index contributed by atoms with van der Waals surface area (Å²) in [6, 6.07) is 3.28. The average Bonchev–Trinajstić information content (AvgIpc) is 2.99. The normalized spacial score (nSPS) is 43.5. The highest BCUT2D eigenvalue weighted by atomic mass is 79.9. The van der Waals surface area contributed by atoms with Crippen molar-refractivity contribution in [3.63, 3.8) is 0 Å². The summed E-state index contributed by atoms with van der Waals surface area (Å²) in [5.41, 5.74) is 0. The molecule has 22 heteroatoms. The Balaban J connectivity index is 1.88. The van der Waals surface area contributed by atoms with Crippen molar-refractivity contribution >= 4 is 93.0 Å². The molecule has 0 spiro atoms. The van der Waals surface area contributed by atoms with Crippen LogP contribution in [0.25, 0.3) is 0 Å². The fourth-order valence-electron chi connectivity index (χ4n) is 5.17. The molecule has 0 N–H and O–H groups in total. The van der Waals surface area contributed by atoms with E-state index in [2.05, 4.69) is 22.5 Å². The lowest BCUT2D eigenvalue weighted by molar-refractivity contribution is -0.145. The molecule has 4 fully saturated rings. The van der Waals surface area contributed by atoms with Gasteiger partial charge in [-0.2, -0.15) is 0 Å². The lowest BCUT2D eigenvalue weighted by Crippen LogP contribution is -2.80. The minimum absolute atomic E-state index is 0.165. The van der Waals surface area contributed by atoms with Crippen molar-refractivity contribution in [2.45, 2.75) is 115 Å². The van der Waals surface area contributed by atoms with Crippen LogP contribution in [0.5, 0.6) is 0 Å². The average molecular weight is 814 g/mol. The van der Waals surface area contributed by atoms with Gasteiger partial charge in [-0.15, -0.1) is 0 Å². The molecule has 4 saturated heterocycles. The summed E-state index contributed by atoms with van der Waals surface area (Å²) in [6.45, 7) is 17.8. The van der Waals surface area contributed by atoms with Crippen molar-refractivity contribution in [1.82, 2.24) is 0 Å². The number of esters is 1. The van der Waals surface area contributed by atoms with E-state index in [0.717, 1.165) is 0 Å². The Kier molecular flexibility index (Phi) is 12.1. The predicted molar refractivity (Wildman–Crippen MR) is 178 cm³/mol. The monoisotopic (exact) mass is 812 g/mol. The first-order chi connectivity index (χ1) is 20.1. The largest absolute Gasteiger partial charge is 0.485 e. The summed E-state index contributed by atoms with van der Waals surface area (Å²) in [4.78, 5) is 12.5. The van der Waals surface area contributed by atoms with Crippen LogP contribution in [0.2, 0.25) is 48.9 Å². The predicted octanol–water partition coefficient (Wildman–Crippen LogP) is 4.20. The van der Waals surface area contributed by atoms with Crippen LogP contribution in [0.3, 0.4) is 0 Å². The number of hydrogen-bond donors (Lipinski definition) is 0. The molecule has 6 bridgehead atoms. The Bertz CT molecular complexity index is 1010. The number of rotatable bonds is 11. The van der Waals surface area contributed by atoms with Crippen molar-refractivity contribution in [2.75, 3.05) is 12.8 Å². The van der Waals surface area contributed by atoms with Crippen molar-refractivity contribution < 1.29 is 55.1 Å². The maximum absolute atomic E-state index is 12.5. The maximum Gasteiger partial charge on any atom is 0.485 e. The van der Waals surface area contributed by atoms with Crippen molar-refractivity contribution in [3.8, 4) is 0 Å². The third-order valence-corrected chi connectivity index (χ3v) is 40.9. The second-order valence-electron chi connectivity index (χ2n) is 11.6. The van der Waals surface area contributed by atoms with Crippen molar-refractivity contribution in [3.05, 3.63) is 0 Å². The van der Waals surface area contributed by atoms with Gasteiger partial charge in [0, 0.05) is 36.3 Å². The third-order valence-electron chi connectivity index (χ3n) is 7.56. The summed E-state index contributed by atoms with van der Waals surface area (Å²) in [7, 11) is -25.9. The molecule has 4 heterocycles. The molecule has 4 aliphatic rings. The van der Waals surface area contributed by atoms with Gasteiger partial charge in [0.15, 0.2) is 9.04 Å². The SMILES string of the molecule is CC[SiH]1O[Si]2(CCCOC(=O)C(C)(C)Br)O[Si]3(CC)OC[SiH](C)O[Si]4(CC)O[Si](CC)(O1)O[Si](CC)(O2)O[Si](CC)(O3)O4. The van der Waals surface area contributed by atoms with Gasteiger partial charge < -0.3 is 50.3 Å². The molecule has 0 amide bonds. The number of carbonyl (C=O) groups excluding carboxylic acids is 1. The van der Waals surface area contributed by atoms with Gasteiger partial charge in [0.25, 0.3) is 0 Å². The number of fused-ring (bicyclic) bond motifs is 4. The highest BCUT2D eigenvalue weighted by Crippen LogP contribution is 2.47. The number of hydrogen-bond acceptors (Lipinski definition) is 13. The Morgan fingerprint density at radius 2 is 1.16 bits per heavy atom. The molecule has 250 valence electrons. The zero-order chi connectivity index (χ0) is 31.8. The number of halogens is 1. The quantitative estimate of drug-likeness (QED) is 0.128. The van der Waals surface area contributed by atoms with E-state index in [1.165, 1.54) is 0 Å². The molecular formula is C21H49BrO13Si8. The minimum atomic E-state index is -3.70. The van der Waals surface area contributed by atoms with Gasteiger partial charge >= 0.3 is 68.1 Å². The molecule has 43 heavy (non-hydrogen) atoms. The molecule has 0 aromatic carbocycles. The first-order valence-corrected chi connectivity index (χ1v) is 32.1. The standard InChI is InChI=1S/C21H49BrO13Si8/c1-10-37-27-40(13-4)31-39(12-3)26-36(9)19-25-38(11-2)29-41(14-5,32-39)34-42(15-6,33-40)35-43(28-37,30-38)18-16-17-24-20(23)21(7,8)22/h36-37H,10-19H2,1-9H3. The molecule has 0 aliphatic carbocycles. The Hall–Kier alpha value is 1.25. The summed E-state index contributed by atoms with van der Waals surface area (Å²) in [5, 5.41) is 0. The fraction of sp³-hybridized carbons (Fsp3) is 0.952. The fourth-order valence-corrected chi connectivity index (χ4v) is 48.4. The van der Waals surface area contributed by atoms with Crippen LogP contribution < -0.4 is 0 Å². The molecule has 0 radical (unpaired) electrons. The van der Waals surface area contributed by atoms with Crippen molar-refractivity contribution in [2.24, 2.45) is 0 Å². The van der Waals surface area contributed by atoms with Crippen molar-refractivity contribution in [1.29, 1.82) is 0 Å². The molecular weight excluding hydrogens is 765 g/mol. The number of alkyl halides is 1. The zero-order valence-electron chi connectivity index (χ0n) is 26.9. The lowest BCUT2D eigenvalue weighted by atomic mass is 10.2. The molecule has 8 atom stereocenters. The van der Waals surface area contributed by atoms with E-state index in [1.54, 1.807) is 13.8 Å². The van der Waals surface area contributed by atoms with Crippen LogP contribution in [0.1, 0.15) is 61.8 Å². The zero-order valence-corrected chi connectivity index (χ0v) is 36.8. The molecule has 0 aromatic heterocycles. The summed E-state index contributed by atoms with van der Waals surface area (Å²) < 4.78 is 82.0. The molecule has 0 saturated carbocycles. The van der Waals surface area contributed by atoms with Crippen LogP contribution in [0.4, 0.5) is 0 Å². The summed E-state index contributed by atoms with van der Waals surface area (Å²) in [5.74, 6) is -0.350. The highest BCUT2D eigenvalue weighted by Gasteiger charge is 2.74.